The number of anilines is 3. The highest BCUT2D eigenvalue weighted by atomic mass is 19.4. The van der Waals surface area contributed by atoms with Gasteiger partial charge in [0.05, 0.1) is 65.8 Å². The molecule has 0 spiro atoms. The van der Waals surface area contributed by atoms with Crippen molar-refractivity contribution >= 4 is 101 Å². The lowest BCUT2D eigenvalue weighted by atomic mass is 10.0. The van der Waals surface area contributed by atoms with E-state index in [-0.39, 0.29) is 20.3 Å². The zero-order chi connectivity index (χ0) is 73.4. The highest BCUT2D eigenvalue weighted by Crippen LogP contribution is 2.41. The maximum absolute atomic E-state index is 12.8. The first-order valence-electron chi connectivity index (χ1n) is 31.8. The van der Waals surface area contributed by atoms with Crippen molar-refractivity contribution in [3.05, 3.63) is 110 Å². The van der Waals surface area contributed by atoms with Crippen molar-refractivity contribution in [1.29, 1.82) is 0 Å². The van der Waals surface area contributed by atoms with E-state index < -0.39 is 54.1 Å². The van der Waals surface area contributed by atoms with Crippen molar-refractivity contribution in [2.75, 3.05) is 78.2 Å². The van der Waals surface area contributed by atoms with Crippen LogP contribution in [0.25, 0.3) is 100.0 Å². The van der Waals surface area contributed by atoms with Gasteiger partial charge >= 0.3 is 6.18 Å². The number of H-pyrrole nitrogens is 3. The number of nitrogens with zero attached hydrogens (tertiary/aromatic N) is 9. The molecule has 0 aliphatic rings. The molecule has 546 valence electrons. The second-order valence-electron chi connectivity index (χ2n) is 24.6. The second kappa shape index (κ2) is 30.2. The van der Waals surface area contributed by atoms with E-state index in [4.69, 9.17) is 48.4 Å². The van der Waals surface area contributed by atoms with Gasteiger partial charge in [0.25, 0.3) is 6.43 Å². The Morgan fingerprint density at radius 2 is 0.755 bits per heavy atom. The van der Waals surface area contributed by atoms with E-state index in [0.29, 0.717) is 125 Å². The van der Waals surface area contributed by atoms with Crippen LogP contribution in [0.1, 0.15) is 63.4 Å². The third-order valence-electron chi connectivity index (χ3n) is 16.1. The second-order valence-corrected chi connectivity index (χ2v) is 24.6. The van der Waals surface area contributed by atoms with Crippen molar-refractivity contribution in [3.8, 4) is 68.7 Å². The van der Waals surface area contributed by atoms with Crippen LogP contribution in [0.2, 0.25) is 0 Å². The Kier molecular flexibility index (Phi) is 21.6. The number of amides is 3. The summed E-state index contributed by atoms with van der Waals surface area (Å²) >= 11 is 0. The maximum Gasteiger partial charge on any atom is 0.405 e. The molecule has 0 unspecified atom stereocenters. The van der Waals surface area contributed by atoms with Crippen LogP contribution in [0.15, 0.2) is 110 Å². The van der Waals surface area contributed by atoms with Crippen LogP contribution in [-0.4, -0.2) is 169 Å². The number of aromatic amines is 3. The summed E-state index contributed by atoms with van der Waals surface area (Å²) in [5.74, 6) is 3.57. The summed E-state index contributed by atoms with van der Waals surface area (Å²) in [6.45, 7) is 10.2. The highest BCUT2D eigenvalue weighted by molar-refractivity contribution is 6.02. The molecule has 0 saturated carbocycles. The molecule has 12 aromatic rings. The average molecular weight is 1420 g/mol. The number of carbonyl (C=O) groups excluding carboxylic acids is 3. The number of carbonyl (C=O) groups is 3. The fourth-order valence-electron chi connectivity index (χ4n) is 10.7. The van der Waals surface area contributed by atoms with Crippen LogP contribution in [-0.2, 0) is 14.4 Å². The average Bonchev–Trinajstić information content (AvgIpc) is 1.25. The van der Waals surface area contributed by atoms with E-state index >= 15 is 0 Å². The molecule has 102 heavy (non-hydrogen) atoms. The predicted octanol–water partition coefficient (Wildman–Crippen LogP) is 13.2. The fraction of sp³-hybridized carbons (Fsp3) is 0.314. The van der Waals surface area contributed by atoms with Crippen LogP contribution < -0.4 is 60.3 Å². The highest BCUT2D eigenvalue weighted by Gasteiger charge is 2.35. The fourth-order valence-corrected chi connectivity index (χ4v) is 10.7. The molecule has 9 N–H and O–H groups in total. The number of methoxy groups -OCH3 is 6. The van der Waals surface area contributed by atoms with Gasteiger partial charge in [0.1, 0.15) is 57.6 Å². The Balaban J connectivity index is 0.000000333. The first-order valence-corrected chi connectivity index (χ1v) is 31.8. The first-order chi connectivity index (χ1) is 48.6. The van der Waals surface area contributed by atoms with E-state index in [9.17, 15) is 36.3 Å². The monoisotopic (exact) mass is 1420 g/mol. The number of nitrogens with one attached hydrogen (secondary N) is 9. The lowest BCUT2D eigenvalue weighted by molar-refractivity contribution is -0.140. The minimum Gasteiger partial charge on any atom is -0.493 e. The quantitative estimate of drug-likeness (QED) is 0.0269. The van der Waals surface area contributed by atoms with Crippen molar-refractivity contribution in [3.63, 3.8) is 0 Å². The van der Waals surface area contributed by atoms with Gasteiger partial charge in [-0.05, 0) is 103 Å². The molecule has 0 aliphatic heterocycles. The smallest absolute Gasteiger partial charge is 0.405 e. The van der Waals surface area contributed by atoms with Gasteiger partial charge < -0.3 is 75.3 Å². The summed E-state index contributed by atoms with van der Waals surface area (Å²) in [5, 5.41) is 20.8. The molecule has 0 aliphatic carbocycles. The number of fused-ring (bicyclic) bond motifs is 6. The number of rotatable bonds is 23. The van der Waals surface area contributed by atoms with Gasteiger partial charge in [-0.3, -0.25) is 14.4 Å². The summed E-state index contributed by atoms with van der Waals surface area (Å²) in [5.41, 5.74) is 2.28. The zero-order valence-electron chi connectivity index (χ0n) is 57.9. The van der Waals surface area contributed by atoms with Gasteiger partial charge in [0, 0.05) is 119 Å². The summed E-state index contributed by atoms with van der Waals surface area (Å²) in [6, 6.07) is 21.5. The van der Waals surface area contributed by atoms with Gasteiger partial charge in [0.15, 0.2) is 52.0 Å². The number of hydrogen-bond acceptors (Lipinski definition) is 21. The third kappa shape index (κ3) is 16.0. The number of halogens is 5. The van der Waals surface area contributed by atoms with E-state index in [1.165, 1.54) is 42.3 Å². The number of aromatic nitrogens is 12. The minimum atomic E-state index is -4.53. The van der Waals surface area contributed by atoms with Gasteiger partial charge in [-0.2, -0.15) is 13.2 Å². The predicted molar refractivity (Wildman–Crippen MR) is 390 cm³/mol. The number of benzene rings is 3. The zero-order valence-corrected chi connectivity index (χ0v) is 57.9. The molecule has 0 saturated heterocycles. The Morgan fingerprint density at radius 1 is 0.451 bits per heavy atom. The van der Waals surface area contributed by atoms with Crippen LogP contribution in [0.4, 0.5) is 39.4 Å². The Morgan fingerprint density at radius 3 is 1.05 bits per heavy atom. The minimum absolute atomic E-state index is 0. The molecule has 32 heteroatoms. The van der Waals surface area contributed by atoms with Gasteiger partial charge in [-0.25, -0.2) is 53.6 Å². The first kappa shape index (κ1) is 72.7. The maximum atomic E-state index is 12.8. The Bertz CT molecular complexity index is 5100. The van der Waals surface area contributed by atoms with E-state index in [0.717, 1.165) is 33.8 Å². The largest absolute Gasteiger partial charge is 0.493 e. The Labute approximate surface area is 589 Å². The van der Waals surface area contributed by atoms with Crippen LogP contribution in [0.5, 0.6) is 34.5 Å². The van der Waals surface area contributed by atoms with Gasteiger partial charge in [-0.15, -0.1) is 0 Å². The number of alkyl halides is 5. The van der Waals surface area contributed by atoms with Crippen molar-refractivity contribution < 1.29 is 73.3 Å². The molecule has 3 amide bonds. The number of pyridine rings is 3. The Hall–Kier alpha value is -12.0. The molecule has 0 radical (unpaired) electrons. The lowest BCUT2D eigenvalue weighted by Gasteiger charge is -2.27. The summed E-state index contributed by atoms with van der Waals surface area (Å²) in [7, 11) is 9.15. The molecule has 27 nitrogen and oxygen atoms in total. The third-order valence-corrected chi connectivity index (χ3v) is 16.1. The molecular weight excluding hydrogens is 1330 g/mol. The van der Waals surface area contributed by atoms with Crippen LogP contribution in [0, 0.1) is 0 Å². The lowest BCUT2D eigenvalue weighted by Crippen LogP contribution is -2.50. The summed E-state index contributed by atoms with van der Waals surface area (Å²) < 4.78 is 95.8. The standard InChI is InChI=1S/C24H28N6O3.C23H23F3N6O3.C23H24F2N6O3.6H2/c1-6-9-26-23(31)24(2,3)30-22-15-11-18(32-4)19(33-5)12-17(15)28-21(29-22)16-13-27-20-14(16)8-7-10-25-20;1-22(2,21(33)29-11-23(24,25)26)32-20-13-8-16(34-3)17(35-4)9-15(13)30-19(31-20)14-10-28-18-12(14)6-5-7-27-18;1-23(2,22(32)28-11-18(24)25)31-21-13-8-16(33-3)17(34-4)9-15(13)29-20(30-21)14-10-27-19-12(14)6-5-7-26-19;;;;;;/h7-8,10-13H,6,9H2,1-5H3,(H,25,27)(H,26,31)(H,28,29,30);5-10H,11H2,1-4H3,(H,27,28)(H,29,33)(H,30,31,32);5-10,18H,11H2,1-4H3,(H,26,27)(H,28,32)(H,29,30,31);6*1H. The van der Waals surface area contributed by atoms with Crippen LogP contribution >= 0.6 is 0 Å². The molecule has 12 rings (SSSR count). The molecule has 0 fully saturated rings. The molecule has 9 aromatic heterocycles. The van der Waals surface area contributed by atoms with Crippen molar-refractivity contribution in [2.45, 2.75) is 84.1 Å². The summed E-state index contributed by atoms with van der Waals surface area (Å²) in [6.07, 6.45) is 4.02. The number of ether oxygens (including phenoxy) is 6. The molecule has 9 heterocycles. The SMILES string of the molecule is CCCNC(=O)C(C)(C)Nc1nc(-c2c[nH]c3ncccc23)nc2cc(OC)c(OC)cc12.COc1cc2nc(-c3c[nH]c4ncccc34)nc(NC(C)(C)C(=O)NCC(F)(F)F)c2cc1OC.COc1cc2nc(-c3c[nH]c4ncccc34)nc(NC(C)(C)C(=O)NCC(F)F)c2cc1OC.[HH].[HH].[HH].[HH].[HH].[HH]. The van der Waals surface area contributed by atoms with Crippen molar-refractivity contribution in [2.24, 2.45) is 0 Å². The van der Waals surface area contributed by atoms with Gasteiger partial charge in [0.2, 0.25) is 17.7 Å². The molecule has 3 aromatic carbocycles. The van der Waals surface area contributed by atoms with Crippen LogP contribution in [0.3, 0.4) is 0 Å². The molecule has 0 atom stereocenters. The van der Waals surface area contributed by atoms with Gasteiger partial charge in [-0.1, -0.05) is 6.92 Å². The van der Waals surface area contributed by atoms with Crippen molar-refractivity contribution in [1.82, 2.24) is 75.8 Å². The summed E-state index contributed by atoms with van der Waals surface area (Å²) in [4.78, 5) is 88.6. The molecule has 0 bridgehead atoms. The molecular formula is C70H87F5N18O9. The van der Waals surface area contributed by atoms with E-state index in [1.807, 2.05) is 74.7 Å². The van der Waals surface area contributed by atoms with E-state index in [2.05, 4.69) is 66.5 Å². The van der Waals surface area contributed by atoms with E-state index in [1.54, 1.807) is 89.4 Å². The topological polar surface area (TPSA) is 342 Å². The number of hydrogen-bond donors (Lipinski definition) is 9. The normalized spacial score (nSPS) is 11.8.